The van der Waals surface area contributed by atoms with Gasteiger partial charge in [-0.25, -0.2) is 17.9 Å². The van der Waals surface area contributed by atoms with Crippen LogP contribution in [0.2, 0.25) is 0 Å². The van der Waals surface area contributed by atoms with Gasteiger partial charge in [0.25, 0.3) is 0 Å². The molecule has 2 rings (SSSR count). The zero-order chi connectivity index (χ0) is 17.7. The molecular formula is C16H20N2O5S. The number of furan rings is 1. The lowest BCUT2D eigenvalue weighted by molar-refractivity contribution is 0.0696. The summed E-state index contributed by atoms with van der Waals surface area (Å²) in [4.78, 5) is 11.0. The first-order valence-electron chi connectivity index (χ1n) is 7.43. The molecule has 0 saturated carbocycles. The van der Waals surface area contributed by atoms with E-state index in [9.17, 15) is 13.2 Å². The van der Waals surface area contributed by atoms with Crippen LogP contribution in [-0.2, 0) is 16.6 Å². The number of carboxylic acid groups (broad SMARTS) is 1. The summed E-state index contributed by atoms with van der Waals surface area (Å²) in [7, 11) is -3.84. The highest BCUT2D eigenvalue weighted by Gasteiger charge is 2.21. The fourth-order valence-corrected chi connectivity index (χ4v) is 3.39. The van der Waals surface area contributed by atoms with Crippen molar-refractivity contribution in [2.75, 3.05) is 11.9 Å². The third-order valence-corrected chi connectivity index (χ3v) is 4.70. The van der Waals surface area contributed by atoms with Crippen LogP contribution in [0.5, 0.6) is 0 Å². The van der Waals surface area contributed by atoms with Crippen molar-refractivity contribution in [2.45, 2.75) is 25.3 Å². The van der Waals surface area contributed by atoms with Crippen molar-refractivity contribution in [3.8, 4) is 0 Å². The van der Waals surface area contributed by atoms with Crippen LogP contribution < -0.4 is 10.0 Å². The van der Waals surface area contributed by atoms with E-state index in [1.807, 2.05) is 13.8 Å². The van der Waals surface area contributed by atoms with Gasteiger partial charge in [-0.2, -0.15) is 0 Å². The van der Waals surface area contributed by atoms with E-state index >= 15 is 0 Å². The number of sulfonamides is 1. The van der Waals surface area contributed by atoms with E-state index in [4.69, 9.17) is 9.52 Å². The van der Waals surface area contributed by atoms with Crippen molar-refractivity contribution < 1.29 is 22.7 Å². The Morgan fingerprint density at radius 3 is 2.62 bits per heavy atom. The zero-order valence-corrected chi connectivity index (χ0v) is 14.3. The van der Waals surface area contributed by atoms with E-state index in [0.29, 0.717) is 11.4 Å². The van der Waals surface area contributed by atoms with Gasteiger partial charge in [0.05, 0.1) is 24.1 Å². The minimum Gasteiger partial charge on any atom is -0.478 e. The van der Waals surface area contributed by atoms with E-state index in [1.165, 1.54) is 18.4 Å². The van der Waals surface area contributed by atoms with Crippen molar-refractivity contribution in [1.29, 1.82) is 0 Å². The summed E-state index contributed by atoms with van der Waals surface area (Å²) in [5, 5.41) is 12.1. The Morgan fingerprint density at radius 2 is 2.04 bits per heavy atom. The molecule has 0 bridgehead atoms. The summed E-state index contributed by atoms with van der Waals surface area (Å²) in [6.07, 6.45) is 1.52. The molecule has 7 nitrogen and oxygen atoms in total. The van der Waals surface area contributed by atoms with Crippen LogP contribution in [0, 0.1) is 5.92 Å². The number of nitrogens with one attached hydrogen (secondary N) is 2. The number of hydrogen-bond donors (Lipinski definition) is 3. The van der Waals surface area contributed by atoms with Gasteiger partial charge < -0.3 is 14.8 Å². The zero-order valence-electron chi connectivity index (χ0n) is 13.4. The first-order valence-corrected chi connectivity index (χ1v) is 8.91. The van der Waals surface area contributed by atoms with Gasteiger partial charge in [-0.1, -0.05) is 13.8 Å². The van der Waals surface area contributed by atoms with Crippen molar-refractivity contribution in [1.82, 2.24) is 4.72 Å². The fraction of sp³-hybridized carbons (Fsp3) is 0.312. The molecule has 0 saturated heterocycles. The van der Waals surface area contributed by atoms with Crippen LogP contribution in [0.15, 0.2) is 45.9 Å². The van der Waals surface area contributed by atoms with Gasteiger partial charge in [0.1, 0.15) is 10.7 Å². The number of carbonyl (C=O) groups is 1. The maximum Gasteiger partial charge on any atom is 0.335 e. The molecule has 0 spiro atoms. The summed E-state index contributed by atoms with van der Waals surface area (Å²) in [6.45, 7) is 4.31. The number of aromatic carboxylic acids is 1. The molecule has 1 heterocycles. The largest absolute Gasteiger partial charge is 0.478 e. The van der Waals surface area contributed by atoms with Gasteiger partial charge in [-0.05, 0) is 36.2 Å². The maximum atomic E-state index is 12.5. The molecule has 0 amide bonds. The van der Waals surface area contributed by atoms with Gasteiger partial charge in [-0.3, -0.25) is 0 Å². The topological polar surface area (TPSA) is 109 Å². The lowest BCUT2D eigenvalue weighted by Gasteiger charge is -2.14. The number of rotatable bonds is 8. The number of hydrogen-bond acceptors (Lipinski definition) is 5. The molecule has 0 fully saturated rings. The second-order valence-electron chi connectivity index (χ2n) is 5.69. The SMILES string of the molecule is CC(C)CNS(=O)(=O)c1cc(C(=O)O)ccc1NCc1ccco1. The van der Waals surface area contributed by atoms with Crippen LogP contribution in [0.3, 0.4) is 0 Å². The van der Waals surface area contributed by atoms with Crippen LogP contribution in [0.1, 0.15) is 30.0 Å². The lowest BCUT2D eigenvalue weighted by atomic mass is 10.2. The summed E-state index contributed by atoms with van der Waals surface area (Å²) < 4.78 is 32.7. The summed E-state index contributed by atoms with van der Waals surface area (Å²) in [6, 6.07) is 7.43. The summed E-state index contributed by atoms with van der Waals surface area (Å²) >= 11 is 0. The number of anilines is 1. The molecule has 8 heteroatoms. The van der Waals surface area contributed by atoms with Crippen molar-refractivity contribution >= 4 is 21.7 Å². The second kappa shape index (κ2) is 7.50. The molecule has 0 aliphatic rings. The van der Waals surface area contributed by atoms with E-state index in [-0.39, 0.29) is 29.5 Å². The molecule has 1 aromatic carbocycles. The van der Waals surface area contributed by atoms with E-state index in [0.717, 1.165) is 6.07 Å². The highest BCUT2D eigenvalue weighted by Crippen LogP contribution is 2.24. The maximum absolute atomic E-state index is 12.5. The first kappa shape index (κ1) is 18.0. The fourth-order valence-electron chi connectivity index (χ4n) is 1.97. The molecule has 0 aliphatic heterocycles. The average Bonchev–Trinajstić information content (AvgIpc) is 3.04. The summed E-state index contributed by atoms with van der Waals surface area (Å²) in [5.74, 6) is -0.425. The Bertz CT molecular complexity index is 798. The van der Waals surface area contributed by atoms with Crippen LogP contribution in [0.4, 0.5) is 5.69 Å². The first-order chi connectivity index (χ1) is 11.3. The molecule has 2 aromatic rings. The van der Waals surface area contributed by atoms with E-state index in [1.54, 1.807) is 12.1 Å². The minimum atomic E-state index is -3.84. The minimum absolute atomic E-state index is 0.0940. The Hall–Kier alpha value is -2.32. The van der Waals surface area contributed by atoms with E-state index < -0.39 is 16.0 Å². The average molecular weight is 352 g/mol. The van der Waals surface area contributed by atoms with Crippen LogP contribution in [-0.4, -0.2) is 26.0 Å². The van der Waals surface area contributed by atoms with Crippen LogP contribution >= 0.6 is 0 Å². The van der Waals surface area contributed by atoms with E-state index in [2.05, 4.69) is 10.0 Å². The van der Waals surface area contributed by atoms with Crippen molar-refractivity contribution in [3.63, 3.8) is 0 Å². The predicted molar refractivity (Wildman–Crippen MR) is 89.5 cm³/mol. The van der Waals surface area contributed by atoms with Gasteiger partial charge in [0, 0.05) is 6.54 Å². The third-order valence-electron chi connectivity index (χ3n) is 3.23. The summed E-state index contributed by atoms with van der Waals surface area (Å²) in [5.41, 5.74) is 0.219. The van der Waals surface area contributed by atoms with Crippen molar-refractivity contribution in [2.24, 2.45) is 5.92 Å². The molecule has 0 aliphatic carbocycles. The predicted octanol–water partition coefficient (Wildman–Crippen LogP) is 2.52. The lowest BCUT2D eigenvalue weighted by Crippen LogP contribution is -2.28. The molecule has 130 valence electrons. The normalized spacial score (nSPS) is 11.6. The van der Waals surface area contributed by atoms with Gasteiger partial charge >= 0.3 is 5.97 Å². The Labute approximate surface area is 140 Å². The molecule has 24 heavy (non-hydrogen) atoms. The van der Waals surface area contributed by atoms with Gasteiger partial charge in [-0.15, -0.1) is 0 Å². The Morgan fingerprint density at radius 1 is 1.29 bits per heavy atom. The molecule has 3 N–H and O–H groups in total. The smallest absolute Gasteiger partial charge is 0.335 e. The molecule has 0 atom stereocenters. The van der Waals surface area contributed by atoms with Gasteiger partial charge in [0.2, 0.25) is 10.0 Å². The van der Waals surface area contributed by atoms with Crippen molar-refractivity contribution in [3.05, 3.63) is 47.9 Å². The quantitative estimate of drug-likeness (QED) is 0.674. The highest BCUT2D eigenvalue weighted by molar-refractivity contribution is 7.89. The Kier molecular flexibility index (Phi) is 5.63. The molecule has 1 aromatic heterocycles. The number of carboxylic acids is 1. The number of benzene rings is 1. The third kappa shape index (κ3) is 4.59. The highest BCUT2D eigenvalue weighted by atomic mass is 32.2. The van der Waals surface area contributed by atoms with Crippen LogP contribution in [0.25, 0.3) is 0 Å². The molecule has 0 radical (unpaired) electrons. The monoisotopic (exact) mass is 352 g/mol. The molecule has 0 unspecified atom stereocenters. The van der Waals surface area contributed by atoms with Gasteiger partial charge in [0.15, 0.2) is 0 Å². The standard InChI is InChI=1S/C16H20N2O5S/c1-11(2)9-18-24(21,22)15-8-12(16(19)20)5-6-14(15)17-10-13-4-3-7-23-13/h3-8,11,17-18H,9-10H2,1-2H3,(H,19,20). The Balaban J connectivity index is 2.33. The second-order valence-corrected chi connectivity index (χ2v) is 7.43. The molecular weight excluding hydrogens is 332 g/mol.